The Morgan fingerprint density at radius 3 is 2.57 bits per heavy atom. The molecule has 1 atom stereocenters. The van der Waals surface area contributed by atoms with E-state index in [0.717, 1.165) is 24.2 Å². The van der Waals surface area contributed by atoms with E-state index in [1.165, 1.54) is 0 Å². The van der Waals surface area contributed by atoms with Gasteiger partial charge in [0.2, 0.25) is 5.91 Å². The van der Waals surface area contributed by atoms with Gasteiger partial charge in [0, 0.05) is 6.54 Å². The molecule has 0 radical (unpaired) electrons. The van der Waals surface area contributed by atoms with Crippen LogP contribution in [0.3, 0.4) is 0 Å². The zero-order valence-corrected chi connectivity index (χ0v) is 17.2. The molecule has 5 nitrogen and oxygen atoms in total. The maximum absolute atomic E-state index is 13.0. The number of benzene rings is 2. The van der Waals surface area contributed by atoms with Gasteiger partial charge in [-0.05, 0) is 42.8 Å². The SMILES string of the molecule is CCN(CC)C(C(=O)NCCc1cc(Cl)c2c(c1)OCCO2)c1ccccc1. The van der Waals surface area contributed by atoms with Gasteiger partial charge in [-0.2, -0.15) is 0 Å². The summed E-state index contributed by atoms with van der Waals surface area (Å²) in [5, 5.41) is 3.63. The second kappa shape index (κ2) is 9.80. The number of carbonyl (C=O) groups excluding carboxylic acids is 1. The normalized spacial score (nSPS) is 14.0. The first-order valence-corrected chi connectivity index (χ1v) is 10.2. The van der Waals surface area contributed by atoms with E-state index in [9.17, 15) is 4.79 Å². The molecule has 1 aliphatic rings. The number of carbonyl (C=O) groups is 1. The Bertz CT molecular complexity index is 794. The molecule has 1 aliphatic heterocycles. The molecule has 28 heavy (non-hydrogen) atoms. The first kappa shape index (κ1) is 20.5. The van der Waals surface area contributed by atoms with E-state index in [1.54, 1.807) is 0 Å². The van der Waals surface area contributed by atoms with Crippen LogP contribution in [-0.4, -0.2) is 43.7 Å². The minimum absolute atomic E-state index is 0.0125. The summed E-state index contributed by atoms with van der Waals surface area (Å²) in [5.74, 6) is 1.29. The van der Waals surface area contributed by atoms with Gasteiger partial charge in [-0.3, -0.25) is 9.69 Å². The van der Waals surface area contributed by atoms with E-state index in [2.05, 4.69) is 24.1 Å². The Balaban J connectivity index is 1.65. The highest BCUT2D eigenvalue weighted by Crippen LogP contribution is 2.38. The zero-order chi connectivity index (χ0) is 19.9. The molecule has 1 unspecified atom stereocenters. The second-order valence-corrected chi connectivity index (χ2v) is 7.08. The van der Waals surface area contributed by atoms with Crippen molar-refractivity contribution in [2.75, 3.05) is 32.8 Å². The molecular weight excluding hydrogens is 376 g/mol. The van der Waals surface area contributed by atoms with Crippen LogP contribution in [0.5, 0.6) is 11.5 Å². The molecule has 0 bridgehead atoms. The average Bonchev–Trinajstić information content (AvgIpc) is 2.72. The van der Waals surface area contributed by atoms with Crippen molar-refractivity contribution in [3.63, 3.8) is 0 Å². The van der Waals surface area contributed by atoms with Gasteiger partial charge < -0.3 is 14.8 Å². The minimum Gasteiger partial charge on any atom is -0.486 e. The fourth-order valence-electron chi connectivity index (χ4n) is 3.49. The highest BCUT2D eigenvalue weighted by Gasteiger charge is 2.25. The van der Waals surface area contributed by atoms with Crippen molar-refractivity contribution in [1.29, 1.82) is 0 Å². The van der Waals surface area contributed by atoms with Crippen LogP contribution in [0.4, 0.5) is 0 Å². The maximum atomic E-state index is 13.0. The van der Waals surface area contributed by atoms with Gasteiger partial charge >= 0.3 is 0 Å². The number of fused-ring (bicyclic) bond motifs is 1. The van der Waals surface area contributed by atoms with E-state index in [-0.39, 0.29) is 11.9 Å². The number of halogens is 1. The lowest BCUT2D eigenvalue weighted by molar-refractivity contribution is -0.126. The van der Waals surface area contributed by atoms with Crippen LogP contribution in [0.1, 0.15) is 31.0 Å². The standard InChI is InChI=1S/C22H27ClN2O3/c1-3-25(4-2)20(17-8-6-5-7-9-17)22(26)24-11-10-16-14-18(23)21-19(15-16)27-12-13-28-21/h5-9,14-15,20H,3-4,10-13H2,1-2H3,(H,24,26). The molecule has 1 heterocycles. The van der Waals surface area contributed by atoms with Crippen LogP contribution < -0.4 is 14.8 Å². The summed E-state index contributed by atoms with van der Waals surface area (Å²) in [6.07, 6.45) is 0.669. The summed E-state index contributed by atoms with van der Waals surface area (Å²) < 4.78 is 11.2. The Hall–Kier alpha value is -2.24. The van der Waals surface area contributed by atoms with Gasteiger partial charge in [0.25, 0.3) is 0 Å². The molecule has 0 fully saturated rings. The van der Waals surface area contributed by atoms with Gasteiger partial charge in [0.15, 0.2) is 11.5 Å². The number of rotatable bonds is 8. The summed E-state index contributed by atoms with van der Waals surface area (Å²) >= 11 is 6.30. The first-order chi connectivity index (χ1) is 13.6. The smallest absolute Gasteiger partial charge is 0.241 e. The quantitative estimate of drug-likeness (QED) is 0.728. The summed E-state index contributed by atoms with van der Waals surface area (Å²) in [6.45, 7) is 7.32. The summed E-state index contributed by atoms with van der Waals surface area (Å²) in [5.41, 5.74) is 2.01. The fraction of sp³-hybridized carbons (Fsp3) is 0.409. The van der Waals surface area contributed by atoms with Crippen molar-refractivity contribution in [2.24, 2.45) is 0 Å². The van der Waals surface area contributed by atoms with E-state index >= 15 is 0 Å². The van der Waals surface area contributed by atoms with Crippen molar-refractivity contribution in [3.05, 3.63) is 58.6 Å². The van der Waals surface area contributed by atoms with Crippen LogP contribution in [0.15, 0.2) is 42.5 Å². The number of likely N-dealkylation sites (N-methyl/N-ethyl adjacent to an activating group) is 1. The molecule has 0 aromatic heterocycles. The van der Waals surface area contributed by atoms with Crippen molar-refractivity contribution >= 4 is 17.5 Å². The van der Waals surface area contributed by atoms with Crippen LogP contribution in [0.2, 0.25) is 5.02 Å². The summed E-state index contributed by atoms with van der Waals surface area (Å²) in [7, 11) is 0. The third-order valence-corrected chi connectivity index (χ3v) is 5.19. The zero-order valence-electron chi connectivity index (χ0n) is 16.4. The third kappa shape index (κ3) is 4.78. The fourth-order valence-corrected chi connectivity index (χ4v) is 3.78. The Morgan fingerprint density at radius 1 is 1.14 bits per heavy atom. The predicted molar refractivity (Wildman–Crippen MR) is 111 cm³/mol. The molecule has 2 aromatic carbocycles. The van der Waals surface area contributed by atoms with Gasteiger partial charge in [-0.1, -0.05) is 55.8 Å². The van der Waals surface area contributed by atoms with Gasteiger partial charge in [-0.25, -0.2) is 0 Å². The molecule has 3 rings (SSSR count). The largest absolute Gasteiger partial charge is 0.486 e. The molecule has 6 heteroatoms. The maximum Gasteiger partial charge on any atom is 0.241 e. The van der Waals surface area contributed by atoms with Crippen LogP contribution in [-0.2, 0) is 11.2 Å². The van der Waals surface area contributed by atoms with Gasteiger partial charge in [-0.15, -0.1) is 0 Å². The van der Waals surface area contributed by atoms with Gasteiger partial charge in [0.05, 0.1) is 5.02 Å². The molecule has 2 aromatic rings. The van der Waals surface area contributed by atoms with Crippen LogP contribution in [0, 0.1) is 0 Å². The molecule has 1 amide bonds. The predicted octanol–water partition coefficient (Wildman–Crippen LogP) is 3.85. The van der Waals surface area contributed by atoms with E-state index < -0.39 is 0 Å². The van der Waals surface area contributed by atoms with Crippen molar-refractivity contribution < 1.29 is 14.3 Å². The van der Waals surface area contributed by atoms with E-state index in [4.69, 9.17) is 21.1 Å². The lowest BCUT2D eigenvalue weighted by atomic mass is 10.0. The Labute approximate surface area is 171 Å². The van der Waals surface area contributed by atoms with Crippen molar-refractivity contribution in [2.45, 2.75) is 26.3 Å². The number of ether oxygens (including phenoxy) is 2. The molecule has 0 spiro atoms. The number of nitrogens with zero attached hydrogens (tertiary/aromatic N) is 1. The lowest BCUT2D eigenvalue weighted by Gasteiger charge is -2.29. The average molecular weight is 403 g/mol. The second-order valence-electron chi connectivity index (χ2n) is 6.68. The van der Waals surface area contributed by atoms with Crippen LogP contribution >= 0.6 is 11.6 Å². The lowest BCUT2D eigenvalue weighted by Crippen LogP contribution is -2.41. The molecule has 150 valence electrons. The van der Waals surface area contributed by atoms with E-state index in [1.807, 2.05) is 42.5 Å². The van der Waals surface area contributed by atoms with E-state index in [0.29, 0.717) is 42.7 Å². The van der Waals surface area contributed by atoms with Crippen molar-refractivity contribution in [1.82, 2.24) is 10.2 Å². The summed E-state index contributed by atoms with van der Waals surface area (Å²) in [4.78, 5) is 15.1. The molecule has 0 saturated heterocycles. The topological polar surface area (TPSA) is 50.8 Å². The van der Waals surface area contributed by atoms with Crippen LogP contribution in [0.25, 0.3) is 0 Å². The number of amides is 1. The monoisotopic (exact) mass is 402 g/mol. The van der Waals surface area contributed by atoms with Gasteiger partial charge in [0.1, 0.15) is 19.3 Å². The van der Waals surface area contributed by atoms with Crippen molar-refractivity contribution in [3.8, 4) is 11.5 Å². The number of nitrogens with one attached hydrogen (secondary N) is 1. The number of hydrogen-bond acceptors (Lipinski definition) is 4. The minimum atomic E-state index is -0.292. The Morgan fingerprint density at radius 2 is 1.86 bits per heavy atom. The third-order valence-electron chi connectivity index (χ3n) is 4.91. The highest BCUT2D eigenvalue weighted by molar-refractivity contribution is 6.32. The summed E-state index contributed by atoms with van der Waals surface area (Å²) in [6, 6.07) is 13.4. The molecule has 0 aliphatic carbocycles. The molecule has 1 N–H and O–H groups in total. The first-order valence-electron chi connectivity index (χ1n) is 9.78. The molecular formula is C22H27ClN2O3. The number of hydrogen-bond donors (Lipinski definition) is 1. The molecule has 0 saturated carbocycles. The Kier molecular flexibility index (Phi) is 7.18. The highest BCUT2D eigenvalue weighted by atomic mass is 35.5.